The van der Waals surface area contributed by atoms with Gasteiger partial charge in [0.1, 0.15) is 4.90 Å². The van der Waals surface area contributed by atoms with E-state index in [0.717, 1.165) is 36.6 Å². The molecule has 0 amide bonds. The molecular weight excluding hydrogens is 306 g/mol. The summed E-state index contributed by atoms with van der Waals surface area (Å²) in [5, 5.41) is 4.40. The Morgan fingerprint density at radius 3 is 2.71 bits per heavy atom. The maximum absolute atomic E-state index is 12.7. The van der Waals surface area contributed by atoms with Crippen molar-refractivity contribution in [1.82, 2.24) is 14.5 Å². The fraction of sp³-hybridized carbons (Fsp3) is 0.786. The Bertz CT molecular complexity index is 588. The molecule has 0 bridgehead atoms. The van der Waals surface area contributed by atoms with E-state index in [0.29, 0.717) is 16.5 Å². The molecule has 120 valence electrons. The van der Waals surface area contributed by atoms with Gasteiger partial charge in [0.25, 0.3) is 0 Å². The molecular formula is C14H25N3O2S2. The van der Waals surface area contributed by atoms with Crippen molar-refractivity contribution < 1.29 is 8.42 Å². The van der Waals surface area contributed by atoms with Crippen LogP contribution in [-0.2, 0) is 16.6 Å². The second-order valence-corrected chi connectivity index (χ2v) is 8.91. The van der Waals surface area contributed by atoms with Crippen molar-refractivity contribution in [3.8, 4) is 0 Å². The third-order valence-corrected chi connectivity index (χ3v) is 6.59. The van der Waals surface area contributed by atoms with Gasteiger partial charge >= 0.3 is 0 Å². The molecule has 2 rings (SSSR count). The predicted octanol–water partition coefficient (Wildman–Crippen LogP) is 2.33. The molecule has 1 aromatic heterocycles. The van der Waals surface area contributed by atoms with Crippen LogP contribution in [0.5, 0.6) is 0 Å². The molecule has 1 atom stereocenters. The first kappa shape index (κ1) is 16.8. The highest BCUT2D eigenvalue weighted by Crippen LogP contribution is 2.23. The largest absolute Gasteiger partial charge is 0.268 e. The summed E-state index contributed by atoms with van der Waals surface area (Å²) in [5.74, 6) is 2.42. The average Bonchev–Trinajstić information content (AvgIpc) is 2.64. The summed E-state index contributed by atoms with van der Waals surface area (Å²) in [7, 11) is -3.48. The number of hydrogen-bond donors (Lipinski definition) is 1. The summed E-state index contributed by atoms with van der Waals surface area (Å²) in [4.78, 5) is 0.360. The van der Waals surface area contributed by atoms with E-state index >= 15 is 0 Å². The van der Waals surface area contributed by atoms with Crippen molar-refractivity contribution in [2.45, 2.75) is 58.0 Å². The summed E-state index contributed by atoms with van der Waals surface area (Å²) in [6.07, 6.45) is 1.99. The quantitative estimate of drug-likeness (QED) is 0.899. The van der Waals surface area contributed by atoms with Gasteiger partial charge in [-0.2, -0.15) is 16.9 Å². The Balaban J connectivity index is 2.24. The summed E-state index contributed by atoms with van der Waals surface area (Å²) in [5.41, 5.74) is 1.32. The van der Waals surface area contributed by atoms with Crippen molar-refractivity contribution in [2.75, 3.05) is 11.5 Å². The van der Waals surface area contributed by atoms with Crippen molar-refractivity contribution >= 4 is 21.8 Å². The number of hydrogen-bond acceptors (Lipinski definition) is 4. The van der Waals surface area contributed by atoms with E-state index < -0.39 is 10.0 Å². The lowest BCUT2D eigenvalue weighted by atomic mass is 10.2. The van der Waals surface area contributed by atoms with Crippen LogP contribution >= 0.6 is 11.8 Å². The second-order valence-electron chi connectivity index (χ2n) is 6.11. The van der Waals surface area contributed by atoms with Gasteiger partial charge in [-0.05, 0) is 38.4 Å². The molecule has 21 heavy (non-hydrogen) atoms. The van der Waals surface area contributed by atoms with Crippen LogP contribution in [0.3, 0.4) is 0 Å². The fourth-order valence-electron chi connectivity index (χ4n) is 2.71. The van der Waals surface area contributed by atoms with E-state index in [2.05, 4.69) is 23.7 Å². The molecule has 0 aliphatic carbocycles. The molecule has 0 spiro atoms. The fourth-order valence-corrected chi connectivity index (χ4v) is 5.56. The van der Waals surface area contributed by atoms with Crippen molar-refractivity contribution in [2.24, 2.45) is 5.92 Å². The van der Waals surface area contributed by atoms with Gasteiger partial charge in [0, 0.05) is 18.3 Å². The minimum absolute atomic E-state index is 0.0426. The SMILES string of the molecule is Cc1nn(CC(C)C)c(C)c1S(=O)(=O)N[C@H]1CCCSC1. The van der Waals surface area contributed by atoms with Crippen LogP contribution in [0.25, 0.3) is 0 Å². The Morgan fingerprint density at radius 2 is 2.14 bits per heavy atom. The third kappa shape index (κ3) is 4.02. The Morgan fingerprint density at radius 1 is 1.43 bits per heavy atom. The van der Waals surface area contributed by atoms with Crippen molar-refractivity contribution in [3.63, 3.8) is 0 Å². The Hall–Kier alpha value is -0.530. The van der Waals surface area contributed by atoms with Crippen LogP contribution in [0.4, 0.5) is 0 Å². The van der Waals surface area contributed by atoms with Gasteiger partial charge in [-0.15, -0.1) is 0 Å². The molecule has 2 heterocycles. The van der Waals surface area contributed by atoms with E-state index in [-0.39, 0.29) is 6.04 Å². The molecule has 1 N–H and O–H groups in total. The first-order valence-electron chi connectivity index (χ1n) is 7.45. The number of rotatable bonds is 5. The number of thioether (sulfide) groups is 1. The maximum atomic E-state index is 12.7. The summed E-state index contributed by atoms with van der Waals surface area (Å²) in [6.45, 7) is 8.55. The highest BCUT2D eigenvalue weighted by molar-refractivity contribution is 7.99. The van der Waals surface area contributed by atoms with Crippen LogP contribution < -0.4 is 4.72 Å². The normalized spacial score (nSPS) is 20.1. The van der Waals surface area contributed by atoms with E-state index in [1.54, 1.807) is 6.92 Å². The van der Waals surface area contributed by atoms with Gasteiger partial charge in [0.15, 0.2) is 0 Å². The van der Waals surface area contributed by atoms with Crippen LogP contribution in [-0.4, -0.2) is 35.7 Å². The molecule has 0 saturated carbocycles. The third-order valence-electron chi connectivity index (χ3n) is 3.60. The monoisotopic (exact) mass is 331 g/mol. The summed E-state index contributed by atoms with van der Waals surface area (Å²) >= 11 is 1.81. The lowest BCUT2D eigenvalue weighted by Crippen LogP contribution is -2.38. The lowest BCUT2D eigenvalue weighted by molar-refractivity contribution is 0.471. The minimum Gasteiger partial charge on any atom is -0.268 e. The molecule has 0 unspecified atom stereocenters. The molecule has 1 saturated heterocycles. The van der Waals surface area contributed by atoms with Gasteiger partial charge < -0.3 is 0 Å². The van der Waals surface area contributed by atoms with Gasteiger partial charge in [-0.25, -0.2) is 13.1 Å². The molecule has 5 nitrogen and oxygen atoms in total. The van der Waals surface area contributed by atoms with Crippen LogP contribution in [0.15, 0.2) is 4.90 Å². The van der Waals surface area contributed by atoms with Crippen LogP contribution in [0.1, 0.15) is 38.1 Å². The molecule has 1 fully saturated rings. The predicted molar refractivity (Wildman–Crippen MR) is 87.2 cm³/mol. The zero-order valence-corrected chi connectivity index (χ0v) is 14.9. The molecule has 0 radical (unpaired) electrons. The molecule has 0 aromatic carbocycles. The Labute approximate surface area is 131 Å². The summed E-state index contributed by atoms with van der Waals surface area (Å²) in [6, 6.07) is 0.0426. The molecule has 1 aliphatic rings. The highest BCUT2D eigenvalue weighted by atomic mass is 32.2. The number of sulfonamides is 1. The Kier molecular flexibility index (Phi) is 5.38. The number of nitrogens with zero attached hydrogens (tertiary/aromatic N) is 2. The van der Waals surface area contributed by atoms with Gasteiger partial charge in [0.2, 0.25) is 10.0 Å². The van der Waals surface area contributed by atoms with Crippen LogP contribution in [0.2, 0.25) is 0 Å². The molecule has 1 aromatic rings. The van der Waals surface area contributed by atoms with E-state index in [1.807, 2.05) is 23.4 Å². The van der Waals surface area contributed by atoms with E-state index in [1.165, 1.54) is 0 Å². The lowest BCUT2D eigenvalue weighted by Gasteiger charge is -2.22. The molecule has 1 aliphatic heterocycles. The van der Waals surface area contributed by atoms with E-state index in [4.69, 9.17) is 0 Å². The zero-order chi connectivity index (χ0) is 15.6. The maximum Gasteiger partial charge on any atom is 0.244 e. The first-order chi connectivity index (χ1) is 9.81. The number of nitrogens with one attached hydrogen (secondary N) is 1. The minimum atomic E-state index is -3.48. The topological polar surface area (TPSA) is 64.0 Å². The first-order valence-corrected chi connectivity index (χ1v) is 10.1. The average molecular weight is 332 g/mol. The second kappa shape index (κ2) is 6.71. The highest BCUT2D eigenvalue weighted by Gasteiger charge is 2.28. The van der Waals surface area contributed by atoms with Gasteiger partial charge in [-0.1, -0.05) is 13.8 Å². The van der Waals surface area contributed by atoms with Crippen LogP contribution in [0, 0.1) is 19.8 Å². The van der Waals surface area contributed by atoms with E-state index in [9.17, 15) is 8.42 Å². The summed E-state index contributed by atoms with van der Waals surface area (Å²) < 4.78 is 30.0. The molecule has 7 heteroatoms. The smallest absolute Gasteiger partial charge is 0.244 e. The number of aryl methyl sites for hydroxylation is 1. The van der Waals surface area contributed by atoms with Gasteiger partial charge in [-0.3, -0.25) is 4.68 Å². The van der Waals surface area contributed by atoms with Gasteiger partial charge in [0.05, 0.1) is 11.4 Å². The number of aromatic nitrogens is 2. The standard InChI is InChI=1S/C14H25N3O2S2/c1-10(2)8-17-12(4)14(11(3)15-17)21(18,19)16-13-6-5-7-20-9-13/h10,13,16H,5-9H2,1-4H3/t13-/m0/s1. The zero-order valence-electron chi connectivity index (χ0n) is 13.2. The van der Waals surface area contributed by atoms with Crippen molar-refractivity contribution in [1.29, 1.82) is 0 Å². The van der Waals surface area contributed by atoms with Crippen molar-refractivity contribution in [3.05, 3.63) is 11.4 Å².